The number of benzene rings is 1. The molecule has 0 saturated carbocycles. The fraction of sp³-hybridized carbons (Fsp3) is 0.588. The predicted octanol–water partition coefficient (Wildman–Crippen LogP) is 2.64. The standard InChI is InChI=1S/C17H29N3O2/c1-13(2)10-11-18-17(21)19-12-16(20(3)4)14-6-8-15(22-5)9-7-14/h6-9,13,16H,10-12H2,1-5H3,(H2,18,19,21). The van der Waals surface area contributed by atoms with Gasteiger partial charge in [-0.15, -0.1) is 0 Å². The van der Waals surface area contributed by atoms with Crippen molar-refractivity contribution in [2.75, 3.05) is 34.3 Å². The molecule has 0 radical (unpaired) electrons. The first-order valence-corrected chi connectivity index (χ1v) is 7.76. The average Bonchev–Trinajstić information content (AvgIpc) is 2.47. The molecule has 0 spiro atoms. The number of nitrogens with zero attached hydrogens (tertiary/aromatic N) is 1. The summed E-state index contributed by atoms with van der Waals surface area (Å²) in [7, 11) is 5.67. The van der Waals surface area contributed by atoms with Gasteiger partial charge in [0, 0.05) is 13.1 Å². The molecular formula is C17H29N3O2. The summed E-state index contributed by atoms with van der Waals surface area (Å²) in [6, 6.07) is 7.95. The highest BCUT2D eigenvalue weighted by atomic mass is 16.5. The van der Waals surface area contributed by atoms with Crippen LogP contribution in [-0.4, -0.2) is 45.2 Å². The van der Waals surface area contributed by atoms with E-state index in [9.17, 15) is 4.79 Å². The van der Waals surface area contributed by atoms with E-state index in [0.29, 0.717) is 19.0 Å². The molecule has 0 bridgehead atoms. The number of urea groups is 1. The van der Waals surface area contributed by atoms with Gasteiger partial charge in [-0.2, -0.15) is 0 Å². The van der Waals surface area contributed by atoms with Gasteiger partial charge >= 0.3 is 6.03 Å². The zero-order chi connectivity index (χ0) is 16.5. The van der Waals surface area contributed by atoms with Crippen LogP contribution in [0.15, 0.2) is 24.3 Å². The average molecular weight is 307 g/mol. The van der Waals surface area contributed by atoms with Crippen LogP contribution >= 0.6 is 0 Å². The molecule has 1 aromatic carbocycles. The van der Waals surface area contributed by atoms with Gasteiger partial charge in [-0.25, -0.2) is 4.79 Å². The van der Waals surface area contributed by atoms with Crippen molar-refractivity contribution >= 4 is 6.03 Å². The Hall–Kier alpha value is -1.75. The van der Waals surface area contributed by atoms with Gasteiger partial charge in [-0.3, -0.25) is 0 Å². The second-order valence-corrected chi connectivity index (χ2v) is 6.07. The zero-order valence-corrected chi connectivity index (χ0v) is 14.3. The number of carbonyl (C=O) groups is 1. The molecule has 0 aliphatic rings. The van der Waals surface area contributed by atoms with Gasteiger partial charge < -0.3 is 20.3 Å². The van der Waals surface area contributed by atoms with Gasteiger partial charge in [-0.05, 0) is 44.1 Å². The van der Waals surface area contributed by atoms with Gasteiger partial charge in [0.1, 0.15) is 5.75 Å². The van der Waals surface area contributed by atoms with Crippen LogP contribution in [0, 0.1) is 5.92 Å². The lowest BCUT2D eigenvalue weighted by atomic mass is 10.1. The molecule has 0 heterocycles. The molecule has 1 atom stereocenters. The Morgan fingerprint density at radius 3 is 2.32 bits per heavy atom. The quantitative estimate of drug-likeness (QED) is 0.776. The smallest absolute Gasteiger partial charge is 0.314 e. The number of hydrogen-bond donors (Lipinski definition) is 2. The molecule has 5 nitrogen and oxygen atoms in total. The van der Waals surface area contributed by atoms with E-state index in [0.717, 1.165) is 17.7 Å². The molecule has 22 heavy (non-hydrogen) atoms. The Balaban J connectivity index is 2.52. The van der Waals surface area contributed by atoms with Crippen molar-refractivity contribution in [1.29, 1.82) is 0 Å². The maximum atomic E-state index is 11.8. The lowest BCUT2D eigenvalue weighted by molar-refractivity contribution is 0.232. The van der Waals surface area contributed by atoms with Crippen LogP contribution in [0.4, 0.5) is 4.79 Å². The minimum atomic E-state index is -0.110. The molecule has 124 valence electrons. The Morgan fingerprint density at radius 2 is 1.82 bits per heavy atom. The molecule has 1 unspecified atom stereocenters. The van der Waals surface area contributed by atoms with Crippen molar-refractivity contribution in [3.63, 3.8) is 0 Å². The van der Waals surface area contributed by atoms with Crippen molar-refractivity contribution in [3.05, 3.63) is 29.8 Å². The fourth-order valence-corrected chi connectivity index (χ4v) is 2.15. The Bertz CT molecular complexity index is 444. The normalized spacial score (nSPS) is 12.3. The zero-order valence-electron chi connectivity index (χ0n) is 14.3. The summed E-state index contributed by atoms with van der Waals surface area (Å²) in [6.45, 7) is 5.56. The first-order valence-electron chi connectivity index (χ1n) is 7.76. The van der Waals surface area contributed by atoms with E-state index >= 15 is 0 Å². The van der Waals surface area contributed by atoms with E-state index < -0.39 is 0 Å². The third-order valence-electron chi connectivity index (χ3n) is 3.59. The SMILES string of the molecule is COc1ccc(C(CNC(=O)NCCC(C)C)N(C)C)cc1. The van der Waals surface area contributed by atoms with Crippen LogP contribution in [0.1, 0.15) is 31.9 Å². The third-order valence-corrected chi connectivity index (χ3v) is 3.59. The summed E-state index contributed by atoms with van der Waals surface area (Å²) < 4.78 is 5.18. The minimum Gasteiger partial charge on any atom is -0.497 e. The second kappa shape index (κ2) is 9.30. The molecule has 2 N–H and O–H groups in total. The lowest BCUT2D eigenvalue weighted by Gasteiger charge is -2.25. The molecule has 1 aromatic rings. The van der Waals surface area contributed by atoms with Crippen LogP contribution in [0.3, 0.4) is 0 Å². The van der Waals surface area contributed by atoms with E-state index in [1.54, 1.807) is 7.11 Å². The van der Waals surface area contributed by atoms with Crippen LogP contribution in [-0.2, 0) is 0 Å². The van der Waals surface area contributed by atoms with E-state index in [4.69, 9.17) is 4.74 Å². The van der Waals surface area contributed by atoms with Crippen molar-refractivity contribution in [3.8, 4) is 5.75 Å². The second-order valence-electron chi connectivity index (χ2n) is 6.07. The first kappa shape index (κ1) is 18.3. The van der Waals surface area contributed by atoms with Gasteiger partial charge in [0.05, 0.1) is 13.2 Å². The summed E-state index contributed by atoms with van der Waals surface area (Å²) in [4.78, 5) is 13.9. The first-order chi connectivity index (χ1) is 10.4. The fourth-order valence-electron chi connectivity index (χ4n) is 2.15. The topological polar surface area (TPSA) is 53.6 Å². The molecular weight excluding hydrogens is 278 g/mol. The highest BCUT2D eigenvalue weighted by Gasteiger charge is 2.15. The lowest BCUT2D eigenvalue weighted by Crippen LogP contribution is -2.41. The molecule has 0 saturated heterocycles. The molecule has 0 aromatic heterocycles. The summed E-state index contributed by atoms with van der Waals surface area (Å²) in [5.41, 5.74) is 1.15. The molecule has 2 amide bonds. The summed E-state index contributed by atoms with van der Waals surface area (Å²) >= 11 is 0. The minimum absolute atomic E-state index is 0.110. The van der Waals surface area contributed by atoms with Gasteiger partial charge in [0.2, 0.25) is 0 Å². The molecule has 0 fully saturated rings. The van der Waals surface area contributed by atoms with Crippen LogP contribution in [0.2, 0.25) is 0 Å². The van der Waals surface area contributed by atoms with E-state index in [-0.39, 0.29) is 12.1 Å². The van der Waals surface area contributed by atoms with E-state index in [2.05, 4.69) is 29.4 Å². The number of likely N-dealkylation sites (N-methyl/N-ethyl adjacent to an activating group) is 1. The van der Waals surface area contributed by atoms with Crippen LogP contribution in [0.25, 0.3) is 0 Å². The highest BCUT2D eigenvalue weighted by molar-refractivity contribution is 5.73. The molecule has 0 aliphatic heterocycles. The van der Waals surface area contributed by atoms with Gasteiger partial charge in [0.25, 0.3) is 0 Å². The number of carbonyl (C=O) groups excluding carboxylic acids is 1. The maximum absolute atomic E-state index is 11.8. The number of nitrogens with one attached hydrogen (secondary N) is 2. The van der Waals surface area contributed by atoms with Crippen molar-refractivity contribution in [2.24, 2.45) is 5.92 Å². The van der Waals surface area contributed by atoms with Crippen molar-refractivity contribution in [2.45, 2.75) is 26.3 Å². The Labute approximate surface area is 134 Å². The molecule has 0 aliphatic carbocycles. The highest BCUT2D eigenvalue weighted by Crippen LogP contribution is 2.20. The Morgan fingerprint density at radius 1 is 1.18 bits per heavy atom. The molecule has 1 rings (SSSR count). The van der Waals surface area contributed by atoms with Crippen LogP contribution < -0.4 is 15.4 Å². The number of amides is 2. The largest absolute Gasteiger partial charge is 0.497 e. The summed E-state index contributed by atoms with van der Waals surface area (Å²) in [6.07, 6.45) is 0.989. The number of ether oxygens (including phenoxy) is 1. The van der Waals surface area contributed by atoms with Crippen LogP contribution in [0.5, 0.6) is 5.75 Å². The summed E-state index contributed by atoms with van der Waals surface area (Å²) in [5.74, 6) is 1.43. The maximum Gasteiger partial charge on any atom is 0.314 e. The monoisotopic (exact) mass is 307 g/mol. The van der Waals surface area contributed by atoms with Crippen molar-refractivity contribution in [1.82, 2.24) is 15.5 Å². The van der Waals surface area contributed by atoms with E-state index in [1.807, 2.05) is 38.4 Å². The molecule has 5 heteroatoms. The van der Waals surface area contributed by atoms with Crippen molar-refractivity contribution < 1.29 is 9.53 Å². The van der Waals surface area contributed by atoms with E-state index in [1.165, 1.54) is 0 Å². The third kappa shape index (κ3) is 6.35. The number of methoxy groups -OCH3 is 1. The predicted molar refractivity (Wildman–Crippen MR) is 90.3 cm³/mol. The van der Waals surface area contributed by atoms with Gasteiger partial charge in [0.15, 0.2) is 0 Å². The number of rotatable bonds is 8. The summed E-state index contributed by atoms with van der Waals surface area (Å²) in [5, 5.41) is 5.83. The Kier molecular flexibility index (Phi) is 7.74. The van der Waals surface area contributed by atoms with Gasteiger partial charge in [-0.1, -0.05) is 26.0 Å². The number of hydrogen-bond acceptors (Lipinski definition) is 3.